The van der Waals surface area contributed by atoms with Crippen molar-refractivity contribution in [3.8, 4) is 0 Å². The maximum absolute atomic E-state index is 10.6. The zero-order valence-corrected chi connectivity index (χ0v) is 17.6. The molecule has 0 saturated heterocycles. The Morgan fingerprint density at radius 2 is 1.00 bits per heavy atom. The van der Waals surface area contributed by atoms with Crippen LogP contribution < -0.4 is 0 Å². The van der Waals surface area contributed by atoms with Crippen molar-refractivity contribution in [3.05, 3.63) is 0 Å². The Balaban J connectivity index is 0. The molecule has 0 aromatic carbocycles. The van der Waals surface area contributed by atoms with Crippen molar-refractivity contribution >= 4 is 57.4 Å². The van der Waals surface area contributed by atoms with Crippen LogP contribution in [-0.2, 0) is 4.79 Å². The third-order valence-corrected chi connectivity index (χ3v) is 3.81. The molecule has 0 saturated carbocycles. The van der Waals surface area contributed by atoms with Crippen LogP contribution in [0.25, 0.3) is 0 Å². The molecular formula is C18H36KO2. The molecule has 0 unspecified atom stereocenters. The summed E-state index contributed by atoms with van der Waals surface area (Å²) in [5, 5.41) is 8.67. The SMILES string of the molecule is [2H]C([2H])(CCCCCCCCCCCCCCCC)C(=O)O.[K]. The van der Waals surface area contributed by atoms with Gasteiger partial charge in [-0.05, 0) is 6.42 Å². The summed E-state index contributed by atoms with van der Waals surface area (Å²) in [4.78, 5) is 10.6. The number of carboxylic acid groups (broad SMARTS) is 1. The molecule has 0 aromatic rings. The van der Waals surface area contributed by atoms with Gasteiger partial charge < -0.3 is 5.11 Å². The predicted octanol–water partition coefficient (Wildman–Crippen LogP) is 5.95. The van der Waals surface area contributed by atoms with Gasteiger partial charge in [0.15, 0.2) is 0 Å². The summed E-state index contributed by atoms with van der Waals surface area (Å²) in [6.07, 6.45) is 15.6. The first-order chi connectivity index (χ1) is 10.5. The van der Waals surface area contributed by atoms with Gasteiger partial charge in [0.25, 0.3) is 0 Å². The average molecular weight is 326 g/mol. The predicted molar refractivity (Wildman–Crippen MR) is 92.9 cm³/mol. The van der Waals surface area contributed by atoms with Crippen molar-refractivity contribution in [2.24, 2.45) is 0 Å². The van der Waals surface area contributed by atoms with Gasteiger partial charge in [-0.2, -0.15) is 0 Å². The van der Waals surface area contributed by atoms with Gasteiger partial charge in [0.1, 0.15) is 0 Å². The van der Waals surface area contributed by atoms with Gasteiger partial charge in [0, 0.05) is 60.5 Å². The summed E-state index contributed by atoms with van der Waals surface area (Å²) >= 11 is 0. The van der Waals surface area contributed by atoms with Crippen molar-refractivity contribution in [3.63, 3.8) is 0 Å². The molecule has 0 aliphatic carbocycles. The minimum absolute atomic E-state index is 0. The van der Waals surface area contributed by atoms with Crippen LogP contribution in [0.3, 0.4) is 0 Å². The van der Waals surface area contributed by atoms with E-state index in [4.69, 9.17) is 7.85 Å². The minimum Gasteiger partial charge on any atom is -0.481 e. The van der Waals surface area contributed by atoms with E-state index in [-0.39, 0.29) is 57.8 Å². The molecule has 0 aliphatic rings. The Hall–Kier alpha value is 1.11. The first-order valence-corrected chi connectivity index (χ1v) is 8.74. The fraction of sp³-hybridized carbons (Fsp3) is 0.944. The molecule has 21 heavy (non-hydrogen) atoms. The van der Waals surface area contributed by atoms with Crippen molar-refractivity contribution < 1.29 is 12.6 Å². The number of carboxylic acids is 1. The summed E-state index contributed by atoms with van der Waals surface area (Å²) in [7, 11) is 0. The van der Waals surface area contributed by atoms with E-state index in [0.29, 0.717) is 6.42 Å². The van der Waals surface area contributed by atoms with E-state index in [1.165, 1.54) is 70.6 Å². The second kappa shape index (κ2) is 21.1. The largest absolute Gasteiger partial charge is 0.481 e. The summed E-state index contributed by atoms with van der Waals surface area (Å²) < 4.78 is 14.6. The van der Waals surface area contributed by atoms with E-state index in [9.17, 15) is 4.79 Å². The third-order valence-electron chi connectivity index (χ3n) is 3.81. The number of aliphatic carboxylic acids is 1. The van der Waals surface area contributed by atoms with Crippen LogP contribution in [0.15, 0.2) is 0 Å². The summed E-state index contributed by atoms with van der Waals surface area (Å²) in [6.45, 7) is 2.25. The average Bonchev–Trinajstić information content (AvgIpc) is 2.47. The molecule has 1 radical (unpaired) electrons. The van der Waals surface area contributed by atoms with E-state index >= 15 is 0 Å². The summed E-state index contributed by atoms with van der Waals surface area (Å²) in [5.41, 5.74) is 0. The molecule has 0 amide bonds. The standard InChI is InChI=1S/C18H36O2.K/c1-2-3-4-5-6-7-8-9-10-11-12-13-14-15-16-17-18(19)20;/h2-17H2,1H3,(H,19,20);/i17D2;. The molecule has 0 rings (SSSR count). The van der Waals surface area contributed by atoms with Gasteiger partial charge in [-0.15, -0.1) is 0 Å². The van der Waals surface area contributed by atoms with E-state index in [2.05, 4.69) is 6.92 Å². The van der Waals surface area contributed by atoms with E-state index < -0.39 is 12.3 Å². The zero-order chi connectivity index (χ0) is 16.7. The Labute approximate surface area is 178 Å². The minimum atomic E-state index is -2.04. The Kier molecular flexibility index (Phi) is 20.3. The van der Waals surface area contributed by atoms with Gasteiger partial charge in [-0.1, -0.05) is 96.8 Å². The van der Waals surface area contributed by atoms with Gasteiger partial charge in [-0.3, -0.25) is 4.79 Å². The molecule has 0 bridgehead atoms. The Bertz CT molecular complexity index is 274. The smallest absolute Gasteiger partial charge is 0.303 e. The second-order valence-corrected chi connectivity index (χ2v) is 5.83. The molecular weight excluding hydrogens is 287 g/mol. The molecule has 3 heteroatoms. The Morgan fingerprint density at radius 3 is 1.29 bits per heavy atom. The van der Waals surface area contributed by atoms with Crippen molar-refractivity contribution in [2.75, 3.05) is 0 Å². The number of hydrogen-bond acceptors (Lipinski definition) is 1. The van der Waals surface area contributed by atoms with Gasteiger partial charge in [0.05, 0.1) is 0 Å². The molecule has 121 valence electrons. The number of hydrogen-bond donors (Lipinski definition) is 1. The fourth-order valence-corrected chi connectivity index (χ4v) is 2.51. The molecule has 0 fully saturated rings. The first-order valence-electron chi connectivity index (χ1n) is 9.74. The molecule has 0 atom stereocenters. The third kappa shape index (κ3) is 23.5. The normalized spacial score (nSPS) is 12.4. The number of unbranched alkanes of at least 4 members (excludes halogenated alkanes) is 13. The van der Waals surface area contributed by atoms with Gasteiger partial charge in [0.2, 0.25) is 0 Å². The maximum Gasteiger partial charge on any atom is 0.303 e. The quantitative estimate of drug-likeness (QED) is 0.281. The monoisotopic (exact) mass is 325 g/mol. The van der Waals surface area contributed by atoms with Crippen LogP contribution in [-0.4, -0.2) is 62.5 Å². The van der Waals surface area contributed by atoms with Crippen molar-refractivity contribution in [1.82, 2.24) is 0 Å². The molecule has 0 heterocycles. The van der Waals surface area contributed by atoms with E-state index in [1.54, 1.807) is 0 Å². The van der Waals surface area contributed by atoms with Gasteiger partial charge >= 0.3 is 5.97 Å². The second-order valence-electron chi connectivity index (χ2n) is 5.83. The van der Waals surface area contributed by atoms with E-state index in [1.807, 2.05) is 0 Å². The molecule has 2 nitrogen and oxygen atoms in total. The Morgan fingerprint density at radius 1 is 0.714 bits per heavy atom. The van der Waals surface area contributed by atoms with Crippen LogP contribution >= 0.6 is 0 Å². The van der Waals surface area contributed by atoms with Crippen LogP contribution in [0.4, 0.5) is 0 Å². The fourth-order valence-electron chi connectivity index (χ4n) is 2.51. The topological polar surface area (TPSA) is 37.3 Å². The van der Waals surface area contributed by atoms with Crippen LogP contribution in [0.5, 0.6) is 0 Å². The maximum atomic E-state index is 10.6. The molecule has 0 spiro atoms. The molecule has 0 aliphatic heterocycles. The van der Waals surface area contributed by atoms with Crippen molar-refractivity contribution in [2.45, 2.75) is 110 Å². The van der Waals surface area contributed by atoms with Gasteiger partial charge in [-0.25, -0.2) is 0 Å². The zero-order valence-electron chi connectivity index (χ0n) is 16.5. The molecule has 1 N–H and O–H groups in total. The number of rotatable bonds is 16. The first kappa shape index (κ1) is 20.2. The van der Waals surface area contributed by atoms with Crippen LogP contribution in [0.2, 0.25) is 0 Å². The van der Waals surface area contributed by atoms with Crippen LogP contribution in [0, 0.1) is 0 Å². The van der Waals surface area contributed by atoms with Crippen molar-refractivity contribution in [1.29, 1.82) is 0 Å². The number of carbonyl (C=O) groups is 1. The van der Waals surface area contributed by atoms with E-state index in [0.717, 1.165) is 12.8 Å². The molecule has 0 aromatic heterocycles. The summed E-state index contributed by atoms with van der Waals surface area (Å²) in [6, 6.07) is 0. The summed E-state index contributed by atoms with van der Waals surface area (Å²) in [5.74, 6) is -1.33. The van der Waals surface area contributed by atoms with Crippen LogP contribution in [0.1, 0.15) is 112 Å².